The first kappa shape index (κ1) is 10.3. The second-order valence-corrected chi connectivity index (χ2v) is 3.68. The Labute approximate surface area is 83.7 Å². The third-order valence-electron chi connectivity index (χ3n) is 1.70. The van der Waals surface area contributed by atoms with E-state index in [9.17, 15) is 4.79 Å². The molecule has 1 aromatic rings. The van der Waals surface area contributed by atoms with Gasteiger partial charge in [-0.25, -0.2) is 0 Å². The fourth-order valence-corrected chi connectivity index (χ4v) is 1.20. The Morgan fingerprint density at radius 2 is 2.00 bits per heavy atom. The van der Waals surface area contributed by atoms with Crippen molar-refractivity contribution in [1.82, 2.24) is 0 Å². The summed E-state index contributed by atoms with van der Waals surface area (Å²) < 4.78 is 0. The van der Waals surface area contributed by atoms with E-state index in [0.717, 1.165) is 0 Å². The predicted octanol–water partition coefficient (Wildman–Crippen LogP) is 3.38. The van der Waals surface area contributed by atoms with Gasteiger partial charge in [0.1, 0.15) is 0 Å². The summed E-state index contributed by atoms with van der Waals surface area (Å²) in [5.74, 6) is 0.280. The van der Waals surface area contributed by atoms with Crippen LogP contribution in [0, 0.1) is 12.8 Å². The molecule has 1 nitrogen and oxygen atoms in total. The first-order valence-electron chi connectivity index (χ1n) is 4.21. The Morgan fingerprint density at radius 1 is 1.46 bits per heavy atom. The van der Waals surface area contributed by atoms with E-state index in [1.54, 1.807) is 24.3 Å². The molecule has 0 saturated carbocycles. The molecule has 0 spiro atoms. The van der Waals surface area contributed by atoms with Crippen LogP contribution in [0.4, 0.5) is 0 Å². The molecule has 1 atom stereocenters. The third-order valence-corrected chi connectivity index (χ3v) is 1.95. The lowest BCUT2D eigenvalue weighted by Gasteiger charge is -2.03. The van der Waals surface area contributed by atoms with Gasteiger partial charge in [0, 0.05) is 17.0 Å². The number of hydrogen-bond acceptors (Lipinski definition) is 1. The van der Waals surface area contributed by atoms with Crippen molar-refractivity contribution in [2.75, 3.05) is 0 Å². The summed E-state index contributed by atoms with van der Waals surface area (Å²) in [6.45, 7) is 5.70. The molecular weight excluding hydrogens is 184 g/mol. The van der Waals surface area contributed by atoms with Crippen molar-refractivity contribution in [2.45, 2.75) is 13.3 Å². The van der Waals surface area contributed by atoms with Crippen LogP contribution < -0.4 is 0 Å². The van der Waals surface area contributed by atoms with Gasteiger partial charge in [0.05, 0.1) is 0 Å². The molecule has 0 saturated heterocycles. The van der Waals surface area contributed by atoms with Crippen LogP contribution >= 0.6 is 11.6 Å². The van der Waals surface area contributed by atoms with Crippen LogP contribution in [-0.2, 0) is 0 Å². The number of carbonyl (C=O) groups excluding carboxylic acids is 1. The Hall–Kier alpha value is -0.820. The van der Waals surface area contributed by atoms with Gasteiger partial charge in [-0.1, -0.05) is 25.4 Å². The third kappa shape index (κ3) is 3.19. The molecular formula is C11H12ClO. The molecule has 0 heterocycles. The summed E-state index contributed by atoms with van der Waals surface area (Å²) >= 11 is 5.70. The second kappa shape index (κ2) is 4.43. The lowest BCUT2D eigenvalue weighted by atomic mass is 10.0. The van der Waals surface area contributed by atoms with Crippen LogP contribution in [0.15, 0.2) is 24.3 Å². The van der Waals surface area contributed by atoms with E-state index in [4.69, 9.17) is 11.6 Å². The van der Waals surface area contributed by atoms with E-state index in [0.29, 0.717) is 17.0 Å². The number of hydrogen-bond donors (Lipinski definition) is 0. The minimum Gasteiger partial charge on any atom is -0.294 e. The fraction of sp³-hybridized carbons (Fsp3) is 0.273. The Balaban J connectivity index is 2.72. The van der Waals surface area contributed by atoms with Crippen LogP contribution in [0.5, 0.6) is 0 Å². The van der Waals surface area contributed by atoms with E-state index in [2.05, 4.69) is 6.92 Å². The van der Waals surface area contributed by atoms with Crippen LogP contribution in [0.3, 0.4) is 0 Å². The number of Topliss-reactive ketones (excluding diaryl/α,β-unsaturated/α-hetero) is 1. The van der Waals surface area contributed by atoms with Crippen molar-refractivity contribution < 1.29 is 4.79 Å². The Kier molecular flexibility index (Phi) is 3.49. The lowest BCUT2D eigenvalue weighted by molar-refractivity contribution is 0.0971. The summed E-state index contributed by atoms with van der Waals surface area (Å²) in [7, 11) is 0. The zero-order valence-electron chi connectivity index (χ0n) is 7.59. The van der Waals surface area contributed by atoms with Crippen molar-refractivity contribution in [1.29, 1.82) is 0 Å². The molecule has 1 rings (SSSR count). The highest BCUT2D eigenvalue weighted by molar-refractivity contribution is 6.30. The maximum atomic E-state index is 11.5. The minimum absolute atomic E-state index is 0.124. The topological polar surface area (TPSA) is 17.1 Å². The Morgan fingerprint density at radius 3 is 2.46 bits per heavy atom. The van der Waals surface area contributed by atoms with Gasteiger partial charge in [-0.15, -0.1) is 0 Å². The first-order valence-corrected chi connectivity index (χ1v) is 4.59. The molecule has 1 aromatic carbocycles. The van der Waals surface area contributed by atoms with Crippen molar-refractivity contribution >= 4 is 17.4 Å². The zero-order chi connectivity index (χ0) is 9.84. The minimum atomic E-state index is 0.124. The highest BCUT2D eigenvalue weighted by Gasteiger charge is 2.07. The molecule has 0 aliphatic carbocycles. The highest BCUT2D eigenvalue weighted by atomic mass is 35.5. The van der Waals surface area contributed by atoms with E-state index < -0.39 is 0 Å². The van der Waals surface area contributed by atoms with Crippen LogP contribution in [0.2, 0.25) is 5.02 Å². The van der Waals surface area contributed by atoms with Gasteiger partial charge >= 0.3 is 0 Å². The maximum absolute atomic E-state index is 11.5. The van der Waals surface area contributed by atoms with Gasteiger partial charge in [0.25, 0.3) is 0 Å². The van der Waals surface area contributed by atoms with Crippen LogP contribution in [0.1, 0.15) is 23.7 Å². The molecule has 0 N–H and O–H groups in total. The smallest absolute Gasteiger partial charge is 0.163 e. The second-order valence-electron chi connectivity index (χ2n) is 3.24. The molecule has 0 aliphatic rings. The van der Waals surface area contributed by atoms with Crippen molar-refractivity contribution in [3.05, 3.63) is 41.8 Å². The maximum Gasteiger partial charge on any atom is 0.163 e. The molecule has 0 bridgehead atoms. The standard InChI is InChI=1S/C11H12ClO/c1-8(2)7-11(13)9-3-5-10(12)6-4-9/h3-6,8H,1,7H2,2H3. The molecule has 0 aliphatic heterocycles. The van der Waals surface area contributed by atoms with Gasteiger partial charge < -0.3 is 0 Å². The number of carbonyl (C=O) groups is 1. The molecule has 0 aromatic heterocycles. The van der Waals surface area contributed by atoms with Gasteiger partial charge in [0.15, 0.2) is 5.78 Å². The monoisotopic (exact) mass is 195 g/mol. The van der Waals surface area contributed by atoms with E-state index in [1.807, 2.05) is 6.92 Å². The average molecular weight is 196 g/mol. The molecule has 13 heavy (non-hydrogen) atoms. The summed E-state index contributed by atoms with van der Waals surface area (Å²) in [5.41, 5.74) is 0.708. The lowest BCUT2D eigenvalue weighted by Crippen LogP contribution is -2.03. The normalized spacial score (nSPS) is 10.5. The number of benzene rings is 1. The summed E-state index contributed by atoms with van der Waals surface area (Å²) in [4.78, 5) is 11.5. The largest absolute Gasteiger partial charge is 0.294 e. The highest BCUT2D eigenvalue weighted by Crippen LogP contribution is 2.13. The van der Waals surface area contributed by atoms with Gasteiger partial charge in [0.2, 0.25) is 0 Å². The summed E-state index contributed by atoms with van der Waals surface area (Å²) in [6.07, 6.45) is 0.488. The first-order chi connectivity index (χ1) is 6.09. The van der Waals surface area contributed by atoms with Crippen molar-refractivity contribution in [2.24, 2.45) is 5.92 Å². The van der Waals surface area contributed by atoms with Gasteiger partial charge in [-0.3, -0.25) is 4.79 Å². The van der Waals surface area contributed by atoms with Crippen LogP contribution in [0.25, 0.3) is 0 Å². The zero-order valence-corrected chi connectivity index (χ0v) is 8.34. The quantitative estimate of drug-likeness (QED) is 0.676. The van der Waals surface area contributed by atoms with E-state index in [1.165, 1.54) is 0 Å². The number of ketones is 1. The average Bonchev–Trinajstić information content (AvgIpc) is 2.04. The van der Waals surface area contributed by atoms with Crippen LogP contribution in [-0.4, -0.2) is 5.78 Å². The predicted molar refractivity (Wildman–Crippen MR) is 54.9 cm³/mol. The van der Waals surface area contributed by atoms with Crippen molar-refractivity contribution in [3.8, 4) is 0 Å². The molecule has 0 fully saturated rings. The summed E-state index contributed by atoms with van der Waals surface area (Å²) in [6, 6.07) is 6.94. The number of rotatable bonds is 3. The van der Waals surface area contributed by atoms with Gasteiger partial charge in [-0.05, 0) is 30.2 Å². The molecule has 1 unspecified atom stereocenters. The van der Waals surface area contributed by atoms with E-state index >= 15 is 0 Å². The molecule has 0 amide bonds. The molecule has 69 valence electrons. The van der Waals surface area contributed by atoms with Crippen molar-refractivity contribution in [3.63, 3.8) is 0 Å². The van der Waals surface area contributed by atoms with E-state index in [-0.39, 0.29) is 11.7 Å². The Bertz CT molecular complexity index is 287. The fourth-order valence-electron chi connectivity index (χ4n) is 1.07. The molecule has 2 heteroatoms. The van der Waals surface area contributed by atoms with Gasteiger partial charge in [-0.2, -0.15) is 0 Å². The summed E-state index contributed by atoms with van der Waals surface area (Å²) in [5, 5.41) is 0.652. The molecule has 1 radical (unpaired) electrons. The number of halogens is 1. The SMILES string of the molecule is [CH2]C(C)CC(=O)c1ccc(Cl)cc1.